The second-order valence-electron chi connectivity index (χ2n) is 3.81. The molecule has 1 unspecified atom stereocenters. The second kappa shape index (κ2) is 9.09. The van der Waals surface area contributed by atoms with Crippen molar-refractivity contribution in [2.24, 2.45) is 0 Å². The fourth-order valence-corrected chi connectivity index (χ4v) is 1.13. The average molecular weight is 218 g/mol. The Hall–Kier alpha value is -0.160. The van der Waals surface area contributed by atoms with Crippen molar-refractivity contribution in [3.63, 3.8) is 0 Å². The summed E-state index contributed by atoms with van der Waals surface area (Å²) in [5.41, 5.74) is 0. The molecule has 0 aromatic rings. The van der Waals surface area contributed by atoms with Crippen molar-refractivity contribution in [3.05, 3.63) is 0 Å². The van der Waals surface area contributed by atoms with Crippen LogP contribution < -0.4 is 5.32 Å². The Morgan fingerprint density at radius 1 is 1.07 bits per heavy atom. The van der Waals surface area contributed by atoms with Crippen LogP contribution in [0.25, 0.3) is 0 Å². The van der Waals surface area contributed by atoms with E-state index in [1.807, 2.05) is 13.8 Å². The summed E-state index contributed by atoms with van der Waals surface area (Å²) in [6, 6.07) is 0.522. The largest absolute Gasteiger partial charge is 0.352 e. The van der Waals surface area contributed by atoms with E-state index in [0.717, 1.165) is 13.1 Å². The predicted molar refractivity (Wildman–Crippen MR) is 63.1 cm³/mol. The van der Waals surface area contributed by atoms with Gasteiger partial charge in [-0.25, -0.2) is 0 Å². The molecular weight excluding hydrogens is 192 g/mol. The smallest absolute Gasteiger partial charge is 0.169 e. The van der Waals surface area contributed by atoms with Gasteiger partial charge in [-0.3, -0.25) is 0 Å². The number of likely N-dealkylation sites (N-methyl/N-ethyl adjacent to an activating group) is 1. The molecule has 0 bridgehead atoms. The first-order valence-electron chi connectivity index (χ1n) is 5.72. The Labute approximate surface area is 93.9 Å². The standard InChI is InChI=1S/C11H26N2O2/c1-6-14-11(15-7-2)9-12-8-10(3)13(4)5/h10-12H,6-9H2,1-5H3. The zero-order chi connectivity index (χ0) is 11.7. The maximum atomic E-state index is 5.43. The lowest BCUT2D eigenvalue weighted by Gasteiger charge is -2.22. The maximum absolute atomic E-state index is 5.43. The highest BCUT2D eigenvalue weighted by molar-refractivity contribution is 4.63. The summed E-state index contributed by atoms with van der Waals surface area (Å²) < 4.78 is 10.9. The molecule has 15 heavy (non-hydrogen) atoms. The molecule has 4 heteroatoms. The molecule has 0 heterocycles. The predicted octanol–water partition coefficient (Wildman–Crippen LogP) is 0.925. The number of hydrogen-bond acceptors (Lipinski definition) is 4. The normalized spacial score (nSPS) is 13.8. The SMILES string of the molecule is CCOC(CNCC(C)N(C)C)OCC. The van der Waals surface area contributed by atoms with Crippen molar-refractivity contribution in [2.75, 3.05) is 40.4 Å². The molecule has 0 radical (unpaired) electrons. The quantitative estimate of drug-likeness (QED) is 0.584. The van der Waals surface area contributed by atoms with Crippen molar-refractivity contribution in [1.29, 1.82) is 0 Å². The van der Waals surface area contributed by atoms with Crippen LogP contribution in [0.3, 0.4) is 0 Å². The van der Waals surface area contributed by atoms with Crippen LogP contribution in [0.15, 0.2) is 0 Å². The van der Waals surface area contributed by atoms with Gasteiger partial charge in [0.05, 0.1) is 0 Å². The van der Waals surface area contributed by atoms with Crippen molar-refractivity contribution < 1.29 is 9.47 Å². The maximum Gasteiger partial charge on any atom is 0.169 e. The van der Waals surface area contributed by atoms with Gasteiger partial charge in [0, 0.05) is 32.3 Å². The summed E-state index contributed by atoms with van der Waals surface area (Å²) in [7, 11) is 4.16. The van der Waals surface area contributed by atoms with Gasteiger partial charge >= 0.3 is 0 Å². The summed E-state index contributed by atoms with van der Waals surface area (Å²) in [4.78, 5) is 2.18. The first-order valence-corrected chi connectivity index (χ1v) is 5.72. The average Bonchev–Trinajstić information content (AvgIpc) is 2.18. The topological polar surface area (TPSA) is 33.7 Å². The molecule has 0 aliphatic heterocycles. The molecule has 0 rings (SSSR count). The Kier molecular flexibility index (Phi) is 9.00. The Balaban J connectivity index is 3.60. The van der Waals surface area contributed by atoms with Crippen molar-refractivity contribution in [3.8, 4) is 0 Å². The summed E-state index contributed by atoms with van der Waals surface area (Å²) in [6.07, 6.45) is -0.116. The van der Waals surface area contributed by atoms with Gasteiger partial charge < -0.3 is 19.7 Å². The van der Waals surface area contributed by atoms with E-state index in [2.05, 4.69) is 31.2 Å². The van der Waals surface area contributed by atoms with Crippen LogP contribution >= 0.6 is 0 Å². The van der Waals surface area contributed by atoms with Gasteiger partial charge in [-0.05, 0) is 34.9 Å². The third kappa shape index (κ3) is 7.73. The highest BCUT2D eigenvalue weighted by Crippen LogP contribution is 1.94. The van der Waals surface area contributed by atoms with Crippen molar-refractivity contribution in [1.82, 2.24) is 10.2 Å². The lowest BCUT2D eigenvalue weighted by atomic mass is 10.3. The van der Waals surface area contributed by atoms with Crippen LogP contribution in [0.4, 0.5) is 0 Å². The molecule has 1 atom stereocenters. The molecule has 0 fully saturated rings. The monoisotopic (exact) mass is 218 g/mol. The van der Waals surface area contributed by atoms with Gasteiger partial charge in [0.1, 0.15) is 0 Å². The minimum Gasteiger partial charge on any atom is -0.352 e. The van der Waals surface area contributed by atoms with Gasteiger partial charge in [0.25, 0.3) is 0 Å². The van der Waals surface area contributed by atoms with Crippen LogP contribution in [0.1, 0.15) is 20.8 Å². The first-order chi connectivity index (χ1) is 7.11. The fraction of sp³-hybridized carbons (Fsp3) is 1.00. The van der Waals surface area contributed by atoms with E-state index in [9.17, 15) is 0 Å². The van der Waals surface area contributed by atoms with Gasteiger partial charge in [-0.2, -0.15) is 0 Å². The van der Waals surface area contributed by atoms with Gasteiger partial charge in [0.15, 0.2) is 6.29 Å². The summed E-state index contributed by atoms with van der Waals surface area (Å²) >= 11 is 0. The molecule has 0 aliphatic rings. The third-order valence-electron chi connectivity index (χ3n) is 2.34. The van der Waals surface area contributed by atoms with Crippen LogP contribution in [0.5, 0.6) is 0 Å². The van der Waals surface area contributed by atoms with E-state index in [0.29, 0.717) is 19.3 Å². The summed E-state index contributed by atoms with van der Waals surface area (Å²) in [6.45, 7) is 9.22. The third-order valence-corrected chi connectivity index (χ3v) is 2.34. The molecule has 0 spiro atoms. The number of nitrogens with zero attached hydrogens (tertiary/aromatic N) is 1. The molecule has 0 aromatic carbocycles. The number of ether oxygens (including phenoxy) is 2. The summed E-state index contributed by atoms with van der Waals surface area (Å²) in [5.74, 6) is 0. The van der Waals surface area contributed by atoms with Crippen LogP contribution in [0.2, 0.25) is 0 Å². The zero-order valence-corrected chi connectivity index (χ0v) is 10.7. The van der Waals surface area contributed by atoms with E-state index in [1.165, 1.54) is 0 Å². The number of nitrogens with one attached hydrogen (secondary N) is 1. The minimum atomic E-state index is -0.116. The molecule has 1 N–H and O–H groups in total. The Bertz CT molecular complexity index is 137. The molecule has 0 aromatic heterocycles. The van der Waals surface area contributed by atoms with Gasteiger partial charge in [-0.15, -0.1) is 0 Å². The molecule has 0 aliphatic carbocycles. The summed E-state index contributed by atoms with van der Waals surface area (Å²) in [5, 5.41) is 3.34. The van der Waals surface area contributed by atoms with Crippen molar-refractivity contribution in [2.45, 2.75) is 33.1 Å². The lowest BCUT2D eigenvalue weighted by Crippen LogP contribution is -2.39. The Morgan fingerprint density at radius 2 is 1.60 bits per heavy atom. The van der Waals surface area contributed by atoms with E-state index >= 15 is 0 Å². The Morgan fingerprint density at radius 3 is 2.00 bits per heavy atom. The highest BCUT2D eigenvalue weighted by Gasteiger charge is 2.09. The minimum absolute atomic E-state index is 0.116. The molecule has 4 nitrogen and oxygen atoms in total. The van der Waals surface area contributed by atoms with Crippen LogP contribution in [-0.4, -0.2) is 57.6 Å². The van der Waals surface area contributed by atoms with Gasteiger partial charge in [-0.1, -0.05) is 0 Å². The van der Waals surface area contributed by atoms with Crippen LogP contribution in [-0.2, 0) is 9.47 Å². The first kappa shape index (κ1) is 14.8. The lowest BCUT2D eigenvalue weighted by molar-refractivity contribution is -0.133. The highest BCUT2D eigenvalue weighted by atomic mass is 16.7. The molecular formula is C11H26N2O2. The van der Waals surface area contributed by atoms with E-state index in [-0.39, 0.29) is 6.29 Å². The van der Waals surface area contributed by atoms with Crippen LogP contribution in [0, 0.1) is 0 Å². The number of hydrogen-bond donors (Lipinski definition) is 1. The number of rotatable bonds is 9. The van der Waals surface area contributed by atoms with E-state index in [1.54, 1.807) is 0 Å². The van der Waals surface area contributed by atoms with E-state index < -0.39 is 0 Å². The zero-order valence-electron chi connectivity index (χ0n) is 10.7. The molecule has 0 saturated carbocycles. The molecule has 0 amide bonds. The fourth-order valence-electron chi connectivity index (χ4n) is 1.13. The second-order valence-corrected chi connectivity index (χ2v) is 3.81. The molecule has 92 valence electrons. The van der Waals surface area contributed by atoms with Gasteiger partial charge in [0.2, 0.25) is 0 Å². The molecule has 0 saturated heterocycles. The van der Waals surface area contributed by atoms with E-state index in [4.69, 9.17) is 9.47 Å². The van der Waals surface area contributed by atoms with Crippen molar-refractivity contribution >= 4 is 0 Å².